The number of benzene rings is 1. The predicted octanol–water partition coefficient (Wildman–Crippen LogP) is 4.43. The number of rotatable bonds is 10. The average Bonchev–Trinajstić information content (AvgIpc) is 3.74. The van der Waals surface area contributed by atoms with Crippen LogP contribution >= 0.6 is 0 Å². The number of amides is 1. The number of aryl methyl sites for hydroxylation is 2. The summed E-state index contributed by atoms with van der Waals surface area (Å²) in [6, 6.07) is 8.35. The fourth-order valence-electron chi connectivity index (χ4n) is 5.67. The molecule has 2 atom stereocenters. The molecule has 7 nitrogen and oxygen atoms in total. The van der Waals surface area contributed by atoms with Crippen molar-refractivity contribution < 1.29 is 19.1 Å². The minimum Gasteiger partial charge on any atom is -0.481 e. The van der Waals surface area contributed by atoms with Gasteiger partial charge in [-0.25, -0.2) is 9.37 Å². The molecule has 0 unspecified atom stereocenters. The van der Waals surface area contributed by atoms with Crippen molar-refractivity contribution in [3.05, 3.63) is 58.5 Å². The zero-order valence-electron chi connectivity index (χ0n) is 21.3. The summed E-state index contributed by atoms with van der Waals surface area (Å²) in [5.41, 5.74) is 3.68. The van der Waals surface area contributed by atoms with Gasteiger partial charge >= 0.3 is 5.97 Å². The Morgan fingerprint density at radius 3 is 2.86 bits per heavy atom. The molecule has 8 heteroatoms. The number of piperidine rings is 1. The number of pyridine rings is 1. The Morgan fingerprint density at radius 2 is 2.05 bits per heavy atom. The Morgan fingerprint density at radius 1 is 1.19 bits per heavy atom. The smallest absolute Gasteiger partial charge is 0.305 e. The van der Waals surface area contributed by atoms with Crippen molar-refractivity contribution in [2.24, 2.45) is 5.92 Å². The number of carboxylic acids is 1. The van der Waals surface area contributed by atoms with E-state index in [2.05, 4.69) is 27.7 Å². The number of nitrogens with one attached hydrogen (secondary N) is 2. The molecular weight excluding hydrogens is 471 g/mol. The van der Waals surface area contributed by atoms with Gasteiger partial charge in [0.1, 0.15) is 11.6 Å². The Labute approximate surface area is 217 Å². The number of aliphatic carboxylic acids is 1. The van der Waals surface area contributed by atoms with Gasteiger partial charge in [-0.2, -0.15) is 0 Å². The number of fused-ring (bicyclic) bond motifs is 1. The predicted molar refractivity (Wildman–Crippen MR) is 140 cm³/mol. The molecule has 0 bridgehead atoms. The normalized spacial score (nSPS) is 20.5. The molecule has 5 rings (SSSR count). The maximum Gasteiger partial charge on any atom is 0.305 e. The standard InChI is InChI=1S/C29H37FN4O3/c30-25-12-10-21(19-7-8-19)16-24(25)26(17-27(35)36)33-29(37)22-5-2-14-34(18-22)15-3-6-23-11-9-20-4-1-13-31-28(20)32-23/h9-12,16,19,22,26H,1-8,13-15,17-18H2,(H,31,32)(H,33,37)(H,35,36)/t22-,26+/m1/s1. The molecule has 2 fully saturated rings. The third-order valence-electron chi connectivity index (χ3n) is 7.87. The van der Waals surface area contributed by atoms with Crippen LogP contribution in [0.5, 0.6) is 0 Å². The van der Waals surface area contributed by atoms with Crippen molar-refractivity contribution in [2.45, 2.75) is 69.7 Å². The minimum atomic E-state index is -1.06. The second-order valence-electron chi connectivity index (χ2n) is 10.8. The molecule has 1 aliphatic carbocycles. The highest BCUT2D eigenvalue weighted by molar-refractivity contribution is 5.80. The van der Waals surface area contributed by atoms with Crippen molar-refractivity contribution >= 4 is 17.7 Å². The summed E-state index contributed by atoms with van der Waals surface area (Å²) in [4.78, 5) is 31.9. The van der Waals surface area contributed by atoms with E-state index >= 15 is 0 Å². The monoisotopic (exact) mass is 508 g/mol. The van der Waals surface area contributed by atoms with Gasteiger partial charge in [-0.3, -0.25) is 9.59 Å². The van der Waals surface area contributed by atoms with Gasteiger partial charge in [0.2, 0.25) is 5.91 Å². The van der Waals surface area contributed by atoms with Gasteiger partial charge in [0.25, 0.3) is 0 Å². The number of carbonyl (C=O) groups is 2. The Hall–Kier alpha value is -3.00. The number of hydrogen-bond donors (Lipinski definition) is 3. The lowest BCUT2D eigenvalue weighted by molar-refractivity contribution is -0.138. The van der Waals surface area contributed by atoms with Crippen LogP contribution in [0, 0.1) is 11.7 Å². The number of aromatic nitrogens is 1. The third-order valence-corrected chi connectivity index (χ3v) is 7.87. The van der Waals surface area contributed by atoms with Crippen molar-refractivity contribution in [2.75, 3.05) is 31.5 Å². The Bertz CT molecular complexity index is 1140. The number of hydrogen-bond acceptors (Lipinski definition) is 5. The second kappa shape index (κ2) is 11.6. The van der Waals surface area contributed by atoms with Crippen molar-refractivity contribution in [1.82, 2.24) is 15.2 Å². The number of halogens is 1. The molecule has 0 spiro atoms. The quantitative estimate of drug-likeness (QED) is 0.440. The molecule has 37 heavy (non-hydrogen) atoms. The highest BCUT2D eigenvalue weighted by Gasteiger charge is 2.30. The van der Waals surface area contributed by atoms with Gasteiger partial charge in [0.15, 0.2) is 0 Å². The van der Waals surface area contributed by atoms with Crippen molar-refractivity contribution in [3.63, 3.8) is 0 Å². The molecule has 1 amide bonds. The second-order valence-corrected chi connectivity index (χ2v) is 10.8. The molecule has 198 valence electrons. The first-order valence-electron chi connectivity index (χ1n) is 13.7. The zero-order chi connectivity index (χ0) is 25.8. The van der Waals surface area contributed by atoms with Gasteiger partial charge in [-0.05, 0) is 93.6 Å². The third kappa shape index (κ3) is 6.66. The molecule has 3 N–H and O–H groups in total. The summed E-state index contributed by atoms with van der Waals surface area (Å²) in [6.45, 7) is 3.44. The minimum absolute atomic E-state index is 0.186. The van der Waals surface area contributed by atoms with E-state index < -0.39 is 17.8 Å². The topological polar surface area (TPSA) is 94.6 Å². The largest absolute Gasteiger partial charge is 0.481 e. The average molecular weight is 509 g/mol. The van der Waals surface area contributed by atoms with Gasteiger partial charge in [-0.1, -0.05) is 18.2 Å². The summed E-state index contributed by atoms with van der Waals surface area (Å²) in [6.07, 6.45) is 7.54. The Balaban J connectivity index is 1.16. The maximum absolute atomic E-state index is 14.7. The number of nitrogens with zero attached hydrogens (tertiary/aromatic N) is 2. The van der Waals surface area contributed by atoms with E-state index in [1.165, 1.54) is 11.6 Å². The van der Waals surface area contributed by atoms with E-state index in [0.717, 1.165) is 88.1 Å². The number of likely N-dealkylation sites (tertiary alicyclic amines) is 1. The molecule has 1 aromatic carbocycles. The lowest BCUT2D eigenvalue weighted by Gasteiger charge is -2.33. The summed E-state index contributed by atoms with van der Waals surface area (Å²) >= 11 is 0. The molecule has 0 radical (unpaired) electrons. The molecule has 3 heterocycles. The highest BCUT2D eigenvalue weighted by Crippen LogP contribution is 2.41. The van der Waals surface area contributed by atoms with Gasteiger partial charge in [-0.15, -0.1) is 0 Å². The van der Waals surface area contributed by atoms with E-state index in [1.807, 2.05) is 0 Å². The lowest BCUT2D eigenvalue weighted by Crippen LogP contribution is -2.44. The van der Waals surface area contributed by atoms with E-state index in [4.69, 9.17) is 4.98 Å². The van der Waals surface area contributed by atoms with E-state index in [-0.39, 0.29) is 23.8 Å². The molecule has 2 aliphatic heterocycles. The lowest BCUT2D eigenvalue weighted by atomic mass is 9.94. The van der Waals surface area contributed by atoms with Crippen LogP contribution in [0.15, 0.2) is 30.3 Å². The summed E-state index contributed by atoms with van der Waals surface area (Å²) in [5.74, 6) is -0.501. The molecule has 1 aromatic heterocycles. The maximum atomic E-state index is 14.7. The highest BCUT2D eigenvalue weighted by atomic mass is 19.1. The summed E-state index contributed by atoms with van der Waals surface area (Å²) in [5, 5.41) is 15.7. The SMILES string of the molecule is O=C(O)C[C@H](NC(=O)[C@@H]1CCCN(CCCc2ccc3c(n2)NCCC3)C1)c1cc(C2CC2)ccc1F. The van der Waals surface area contributed by atoms with Crippen LogP contribution < -0.4 is 10.6 Å². The van der Waals surface area contributed by atoms with Crippen LogP contribution in [0.3, 0.4) is 0 Å². The van der Waals surface area contributed by atoms with E-state index in [9.17, 15) is 19.1 Å². The first kappa shape index (κ1) is 25.6. The van der Waals surface area contributed by atoms with Crippen LogP contribution in [0.25, 0.3) is 0 Å². The molecule has 1 saturated carbocycles. The van der Waals surface area contributed by atoms with Crippen molar-refractivity contribution in [3.8, 4) is 0 Å². The van der Waals surface area contributed by atoms with Crippen LogP contribution in [0.4, 0.5) is 10.2 Å². The van der Waals surface area contributed by atoms with Crippen LogP contribution in [0.2, 0.25) is 0 Å². The summed E-state index contributed by atoms with van der Waals surface area (Å²) in [7, 11) is 0. The fourth-order valence-corrected chi connectivity index (χ4v) is 5.67. The zero-order valence-corrected chi connectivity index (χ0v) is 21.3. The van der Waals surface area contributed by atoms with Crippen LogP contribution in [0.1, 0.15) is 79.3 Å². The first-order chi connectivity index (χ1) is 18.0. The van der Waals surface area contributed by atoms with Crippen LogP contribution in [-0.4, -0.2) is 53.0 Å². The van der Waals surface area contributed by atoms with Crippen molar-refractivity contribution in [1.29, 1.82) is 0 Å². The summed E-state index contributed by atoms with van der Waals surface area (Å²) < 4.78 is 14.7. The molecule has 2 aromatic rings. The fraction of sp³-hybridized carbons (Fsp3) is 0.552. The molecule has 3 aliphatic rings. The number of carboxylic acid groups (broad SMARTS) is 1. The van der Waals surface area contributed by atoms with Gasteiger partial charge in [0, 0.05) is 24.3 Å². The number of anilines is 1. The molecular formula is C29H37FN4O3. The Kier molecular flexibility index (Phi) is 8.03. The van der Waals surface area contributed by atoms with E-state index in [0.29, 0.717) is 12.5 Å². The molecule has 1 saturated heterocycles. The van der Waals surface area contributed by atoms with E-state index in [1.54, 1.807) is 12.1 Å². The van der Waals surface area contributed by atoms with Crippen LogP contribution in [-0.2, 0) is 22.4 Å². The number of carbonyl (C=O) groups excluding carboxylic acids is 1. The van der Waals surface area contributed by atoms with Gasteiger partial charge < -0.3 is 20.6 Å². The first-order valence-corrected chi connectivity index (χ1v) is 13.7. The van der Waals surface area contributed by atoms with Gasteiger partial charge in [0.05, 0.1) is 18.4 Å².